The van der Waals surface area contributed by atoms with Gasteiger partial charge in [0.25, 0.3) is 0 Å². The fraction of sp³-hybridized carbons (Fsp3) is 0.462. The van der Waals surface area contributed by atoms with E-state index in [2.05, 4.69) is 15.9 Å². The molecule has 104 valence electrons. The Morgan fingerprint density at radius 3 is 2.47 bits per heavy atom. The van der Waals surface area contributed by atoms with Crippen LogP contribution >= 0.6 is 15.9 Å². The summed E-state index contributed by atoms with van der Waals surface area (Å²) in [7, 11) is 0. The van der Waals surface area contributed by atoms with Gasteiger partial charge in [-0.2, -0.15) is 13.2 Å². The number of carbonyl (C=O) groups excluding carboxylic acids is 1. The van der Waals surface area contributed by atoms with E-state index in [-0.39, 0.29) is 18.4 Å². The van der Waals surface area contributed by atoms with Crippen LogP contribution in [0.15, 0.2) is 28.7 Å². The Balaban J connectivity index is 2.05. The van der Waals surface area contributed by atoms with Gasteiger partial charge in [0.15, 0.2) is 5.78 Å². The number of hydrogen-bond acceptors (Lipinski definition) is 2. The standard InChI is InChI=1S/C13H13BrF3NO/c14-11-4-2-1-3-10(11)12(19)7-18(9-5-6-9)8-13(15,16)17/h1-4,9H,5-8H2. The van der Waals surface area contributed by atoms with Gasteiger partial charge >= 0.3 is 6.18 Å². The topological polar surface area (TPSA) is 20.3 Å². The SMILES string of the molecule is O=C(CN(CC(F)(F)F)C1CC1)c1ccccc1Br. The molecule has 1 saturated carbocycles. The molecule has 1 aromatic rings. The number of benzene rings is 1. The van der Waals surface area contributed by atoms with Crippen molar-refractivity contribution in [3.63, 3.8) is 0 Å². The summed E-state index contributed by atoms with van der Waals surface area (Å²) in [5.74, 6) is -0.288. The number of rotatable bonds is 5. The quantitative estimate of drug-likeness (QED) is 0.765. The second-order valence-electron chi connectivity index (χ2n) is 4.65. The second kappa shape index (κ2) is 5.63. The average molecular weight is 336 g/mol. The maximum atomic E-state index is 12.5. The summed E-state index contributed by atoms with van der Waals surface area (Å²) in [6.45, 7) is -1.21. The maximum Gasteiger partial charge on any atom is 0.401 e. The van der Waals surface area contributed by atoms with Crippen molar-refractivity contribution >= 4 is 21.7 Å². The zero-order valence-corrected chi connectivity index (χ0v) is 11.7. The van der Waals surface area contributed by atoms with Gasteiger partial charge in [0.2, 0.25) is 0 Å². The molecule has 1 fully saturated rings. The van der Waals surface area contributed by atoms with Gasteiger partial charge in [-0.3, -0.25) is 9.69 Å². The lowest BCUT2D eigenvalue weighted by molar-refractivity contribution is -0.145. The summed E-state index contributed by atoms with van der Waals surface area (Å²) in [6.07, 6.45) is -2.80. The van der Waals surface area contributed by atoms with Crippen LogP contribution in [0.25, 0.3) is 0 Å². The molecule has 0 radical (unpaired) electrons. The summed E-state index contributed by atoms with van der Waals surface area (Å²) in [5, 5.41) is 0. The van der Waals surface area contributed by atoms with Crippen molar-refractivity contribution in [1.29, 1.82) is 0 Å². The molecule has 0 saturated heterocycles. The van der Waals surface area contributed by atoms with Gasteiger partial charge in [-0.25, -0.2) is 0 Å². The molecule has 6 heteroatoms. The van der Waals surface area contributed by atoms with Crippen molar-refractivity contribution in [3.8, 4) is 0 Å². The molecule has 0 unspecified atom stereocenters. The molecule has 1 aliphatic rings. The zero-order chi connectivity index (χ0) is 14.0. The monoisotopic (exact) mass is 335 g/mol. The van der Waals surface area contributed by atoms with Crippen LogP contribution in [0, 0.1) is 0 Å². The van der Waals surface area contributed by atoms with Crippen LogP contribution in [-0.4, -0.2) is 36.0 Å². The predicted molar refractivity (Wildman–Crippen MR) is 69.1 cm³/mol. The summed E-state index contributed by atoms with van der Waals surface area (Å²) in [4.78, 5) is 13.3. The summed E-state index contributed by atoms with van der Waals surface area (Å²) < 4.78 is 38.0. The Bertz CT molecular complexity index is 471. The first-order valence-electron chi connectivity index (χ1n) is 5.95. The van der Waals surface area contributed by atoms with Gasteiger partial charge in [-0.05, 0) is 18.9 Å². The molecule has 0 amide bonds. The van der Waals surface area contributed by atoms with Gasteiger partial charge < -0.3 is 0 Å². The number of ketones is 1. The summed E-state index contributed by atoms with van der Waals surface area (Å²) >= 11 is 3.24. The average Bonchev–Trinajstić information content (AvgIpc) is 3.10. The molecule has 1 aromatic carbocycles. The Morgan fingerprint density at radius 1 is 1.32 bits per heavy atom. The van der Waals surface area contributed by atoms with Crippen molar-refractivity contribution < 1.29 is 18.0 Å². The highest BCUT2D eigenvalue weighted by atomic mass is 79.9. The van der Waals surface area contributed by atoms with Gasteiger partial charge in [0, 0.05) is 16.1 Å². The lowest BCUT2D eigenvalue weighted by atomic mass is 10.1. The van der Waals surface area contributed by atoms with E-state index >= 15 is 0 Å². The van der Waals surface area contributed by atoms with E-state index < -0.39 is 12.7 Å². The first-order chi connectivity index (χ1) is 8.87. The number of nitrogens with zero attached hydrogens (tertiary/aromatic N) is 1. The number of halogens is 4. The predicted octanol–water partition coefficient (Wildman–Crippen LogP) is 3.66. The first kappa shape index (κ1) is 14.5. The van der Waals surface area contributed by atoms with Crippen LogP contribution in [0.1, 0.15) is 23.2 Å². The molecular weight excluding hydrogens is 323 g/mol. The number of carbonyl (C=O) groups is 1. The Kier molecular flexibility index (Phi) is 4.30. The number of hydrogen-bond donors (Lipinski definition) is 0. The van der Waals surface area contributed by atoms with E-state index in [1.165, 1.54) is 4.90 Å². The van der Waals surface area contributed by atoms with E-state index in [1.54, 1.807) is 24.3 Å². The van der Waals surface area contributed by atoms with Crippen molar-refractivity contribution in [2.24, 2.45) is 0 Å². The minimum Gasteiger partial charge on any atom is -0.293 e. The van der Waals surface area contributed by atoms with Gasteiger partial charge in [0.1, 0.15) is 0 Å². The van der Waals surface area contributed by atoms with Crippen molar-refractivity contribution in [2.75, 3.05) is 13.1 Å². The smallest absolute Gasteiger partial charge is 0.293 e. The van der Waals surface area contributed by atoms with Gasteiger partial charge in [0.05, 0.1) is 13.1 Å². The van der Waals surface area contributed by atoms with E-state index in [9.17, 15) is 18.0 Å². The molecule has 2 rings (SSSR count). The Hall–Kier alpha value is -0.880. The maximum absolute atomic E-state index is 12.5. The molecular formula is C13H13BrF3NO. The summed E-state index contributed by atoms with van der Waals surface area (Å²) in [6, 6.07) is 6.68. The van der Waals surface area contributed by atoms with Crippen LogP contribution in [0.4, 0.5) is 13.2 Å². The molecule has 0 atom stereocenters. The third kappa shape index (κ3) is 4.31. The van der Waals surface area contributed by atoms with Crippen molar-refractivity contribution in [3.05, 3.63) is 34.3 Å². The lowest BCUT2D eigenvalue weighted by Gasteiger charge is -2.22. The highest BCUT2D eigenvalue weighted by molar-refractivity contribution is 9.10. The van der Waals surface area contributed by atoms with E-state index in [0.29, 0.717) is 10.0 Å². The van der Waals surface area contributed by atoms with Crippen LogP contribution < -0.4 is 0 Å². The van der Waals surface area contributed by atoms with Crippen LogP contribution in [0.3, 0.4) is 0 Å². The third-order valence-corrected chi connectivity index (χ3v) is 3.66. The van der Waals surface area contributed by atoms with Crippen LogP contribution in [0.5, 0.6) is 0 Å². The highest BCUT2D eigenvalue weighted by Crippen LogP contribution is 2.30. The minimum absolute atomic E-state index is 0.104. The van der Waals surface area contributed by atoms with E-state index in [0.717, 1.165) is 12.8 Å². The molecule has 2 nitrogen and oxygen atoms in total. The summed E-state index contributed by atoms with van der Waals surface area (Å²) in [5.41, 5.74) is 0.426. The molecule has 0 heterocycles. The molecule has 0 bridgehead atoms. The molecule has 0 aromatic heterocycles. The zero-order valence-electron chi connectivity index (χ0n) is 10.1. The van der Waals surface area contributed by atoms with Crippen LogP contribution in [-0.2, 0) is 0 Å². The third-order valence-electron chi connectivity index (χ3n) is 2.97. The highest BCUT2D eigenvalue weighted by Gasteiger charge is 2.38. The van der Waals surface area contributed by atoms with Gasteiger partial charge in [-0.15, -0.1) is 0 Å². The Labute approximate surface area is 117 Å². The molecule has 19 heavy (non-hydrogen) atoms. The first-order valence-corrected chi connectivity index (χ1v) is 6.74. The fourth-order valence-corrected chi connectivity index (χ4v) is 2.45. The van der Waals surface area contributed by atoms with Crippen molar-refractivity contribution in [2.45, 2.75) is 25.1 Å². The molecule has 0 N–H and O–H groups in total. The van der Waals surface area contributed by atoms with E-state index in [4.69, 9.17) is 0 Å². The normalized spacial score (nSPS) is 15.8. The largest absolute Gasteiger partial charge is 0.401 e. The van der Waals surface area contributed by atoms with Gasteiger partial charge in [-0.1, -0.05) is 34.1 Å². The molecule has 0 spiro atoms. The number of alkyl halides is 3. The van der Waals surface area contributed by atoms with E-state index in [1.807, 2.05) is 0 Å². The van der Waals surface area contributed by atoms with Crippen LogP contribution in [0.2, 0.25) is 0 Å². The number of Topliss-reactive ketones (excluding diaryl/α,β-unsaturated/α-hetero) is 1. The minimum atomic E-state index is -4.27. The van der Waals surface area contributed by atoms with Crippen molar-refractivity contribution in [1.82, 2.24) is 4.90 Å². The second-order valence-corrected chi connectivity index (χ2v) is 5.51. The molecule has 0 aliphatic heterocycles. The lowest BCUT2D eigenvalue weighted by Crippen LogP contribution is -2.39. The fourth-order valence-electron chi connectivity index (χ4n) is 1.94. The Morgan fingerprint density at radius 2 is 1.95 bits per heavy atom. The molecule has 1 aliphatic carbocycles.